The molecule has 1 aliphatic heterocycles. The molecule has 2 aromatic rings. The molecule has 1 saturated heterocycles. The van der Waals surface area contributed by atoms with E-state index in [0.29, 0.717) is 29.9 Å². The lowest BCUT2D eigenvalue weighted by Gasteiger charge is -2.19. The van der Waals surface area contributed by atoms with Gasteiger partial charge in [-0.3, -0.25) is 4.79 Å². The topological polar surface area (TPSA) is 84.6 Å². The van der Waals surface area contributed by atoms with E-state index in [1.54, 1.807) is 28.6 Å². The van der Waals surface area contributed by atoms with Crippen molar-refractivity contribution in [1.29, 1.82) is 0 Å². The SMILES string of the molecule is Cc1nc2ccnn2c(C)c1C(=O)N1CC[C@H](S(C)(=O)=O)C1. The molecule has 0 aromatic carbocycles. The van der Waals surface area contributed by atoms with Gasteiger partial charge < -0.3 is 4.90 Å². The molecular weight excluding hydrogens is 304 g/mol. The Morgan fingerprint density at radius 2 is 2.09 bits per heavy atom. The number of hydrogen-bond donors (Lipinski definition) is 0. The van der Waals surface area contributed by atoms with Crippen LogP contribution in [0.4, 0.5) is 0 Å². The van der Waals surface area contributed by atoms with Crippen molar-refractivity contribution in [1.82, 2.24) is 19.5 Å². The van der Waals surface area contributed by atoms with Crippen molar-refractivity contribution in [3.63, 3.8) is 0 Å². The largest absolute Gasteiger partial charge is 0.337 e. The first-order valence-corrected chi connectivity index (χ1v) is 9.03. The lowest BCUT2D eigenvalue weighted by molar-refractivity contribution is 0.0790. The molecule has 0 aliphatic carbocycles. The standard InChI is InChI=1S/C14H18N4O3S/c1-9-13(10(2)18-12(16-9)4-6-15-18)14(19)17-7-5-11(8-17)22(3,20)21/h4,6,11H,5,7-8H2,1-3H3/t11-/m0/s1. The third kappa shape index (κ3) is 2.37. The Morgan fingerprint density at radius 1 is 1.36 bits per heavy atom. The summed E-state index contributed by atoms with van der Waals surface area (Å²) in [5.74, 6) is -0.175. The van der Waals surface area contributed by atoms with E-state index in [4.69, 9.17) is 0 Å². The molecule has 0 N–H and O–H groups in total. The summed E-state index contributed by atoms with van der Waals surface area (Å²) in [5.41, 5.74) is 2.56. The van der Waals surface area contributed by atoms with Gasteiger partial charge in [-0.2, -0.15) is 5.10 Å². The number of fused-ring (bicyclic) bond motifs is 1. The van der Waals surface area contributed by atoms with Crippen LogP contribution in [-0.2, 0) is 9.84 Å². The fourth-order valence-electron chi connectivity index (χ4n) is 2.96. The number of sulfone groups is 1. The van der Waals surface area contributed by atoms with Gasteiger partial charge in [-0.1, -0.05) is 0 Å². The van der Waals surface area contributed by atoms with Crippen molar-refractivity contribution in [2.24, 2.45) is 0 Å². The molecule has 0 saturated carbocycles. The van der Waals surface area contributed by atoms with E-state index < -0.39 is 15.1 Å². The van der Waals surface area contributed by atoms with Crippen LogP contribution in [0.3, 0.4) is 0 Å². The summed E-state index contributed by atoms with van der Waals surface area (Å²) in [6, 6.07) is 1.78. The van der Waals surface area contributed by atoms with Crippen LogP contribution in [0.2, 0.25) is 0 Å². The number of amides is 1. The first kappa shape index (κ1) is 15.0. The van der Waals surface area contributed by atoms with E-state index in [-0.39, 0.29) is 12.5 Å². The second kappa shape index (κ2) is 5.05. The Morgan fingerprint density at radius 3 is 2.73 bits per heavy atom. The zero-order chi connectivity index (χ0) is 16.1. The minimum atomic E-state index is -3.12. The minimum absolute atomic E-state index is 0.175. The van der Waals surface area contributed by atoms with Gasteiger partial charge in [0.05, 0.1) is 28.4 Å². The highest BCUT2D eigenvalue weighted by molar-refractivity contribution is 7.91. The third-order valence-corrected chi connectivity index (χ3v) is 5.79. The average Bonchev–Trinajstić information content (AvgIpc) is 3.06. The Balaban J connectivity index is 1.96. The van der Waals surface area contributed by atoms with Crippen molar-refractivity contribution in [2.45, 2.75) is 25.5 Å². The van der Waals surface area contributed by atoms with Crippen LogP contribution in [0.1, 0.15) is 28.2 Å². The second-order valence-corrected chi connectivity index (χ2v) is 8.08. The highest BCUT2D eigenvalue weighted by Crippen LogP contribution is 2.22. The van der Waals surface area contributed by atoms with Crippen molar-refractivity contribution in [3.8, 4) is 0 Å². The van der Waals surface area contributed by atoms with E-state index in [2.05, 4.69) is 10.1 Å². The van der Waals surface area contributed by atoms with Gasteiger partial charge in [0.15, 0.2) is 15.5 Å². The molecule has 8 heteroatoms. The quantitative estimate of drug-likeness (QED) is 0.808. The Bertz CT molecular complexity index is 856. The molecule has 3 heterocycles. The minimum Gasteiger partial charge on any atom is -0.337 e. The maximum absolute atomic E-state index is 12.8. The Labute approximate surface area is 128 Å². The van der Waals surface area contributed by atoms with Crippen molar-refractivity contribution in [2.75, 3.05) is 19.3 Å². The lowest BCUT2D eigenvalue weighted by Crippen LogP contribution is -2.33. The molecule has 0 spiro atoms. The predicted molar refractivity (Wildman–Crippen MR) is 81.6 cm³/mol. The number of likely N-dealkylation sites (tertiary alicyclic amines) is 1. The fraction of sp³-hybridized carbons (Fsp3) is 0.500. The first-order valence-electron chi connectivity index (χ1n) is 7.08. The Hall–Kier alpha value is -1.96. The smallest absolute Gasteiger partial charge is 0.257 e. The van der Waals surface area contributed by atoms with Crippen LogP contribution >= 0.6 is 0 Å². The molecule has 1 amide bonds. The molecule has 2 aromatic heterocycles. The normalized spacial score (nSPS) is 19.0. The molecule has 22 heavy (non-hydrogen) atoms. The number of nitrogens with zero attached hydrogens (tertiary/aromatic N) is 4. The van der Waals surface area contributed by atoms with E-state index in [1.165, 1.54) is 6.26 Å². The van der Waals surface area contributed by atoms with Crippen LogP contribution in [0, 0.1) is 13.8 Å². The van der Waals surface area contributed by atoms with Gasteiger partial charge in [0.1, 0.15) is 0 Å². The van der Waals surface area contributed by atoms with Gasteiger partial charge in [-0.05, 0) is 20.3 Å². The summed E-state index contributed by atoms with van der Waals surface area (Å²) < 4.78 is 24.9. The maximum atomic E-state index is 12.8. The van der Waals surface area contributed by atoms with E-state index >= 15 is 0 Å². The lowest BCUT2D eigenvalue weighted by atomic mass is 10.1. The molecule has 7 nitrogen and oxygen atoms in total. The number of aromatic nitrogens is 3. The monoisotopic (exact) mass is 322 g/mol. The van der Waals surface area contributed by atoms with Crippen LogP contribution in [0.25, 0.3) is 5.65 Å². The highest BCUT2D eigenvalue weighted by Gasteiger charge is 2.34. The molecule has 1 atom stereocenters. The van der Waals surface area contributed by atoms with Gasteiger partial charge in [0, 0.05) is 25.4 Å². The summed E-state index contributed by atoms with van der Waals surface area (Å²) in [4.78, 5) is 18.8. The average molecular weight is 322 g/mol. The van der Waals surface area contributed by atoms with Crippen LogP contribution in [0.15, 0.2) is 12.3 Å². The summed E-state index contributed by atoms with van der Waals surface area (Å²) >= 11 is 0. The predicted octanol–water partition coefficient (Wildman–Crippen LogP) is 0.605. The number of carbonyl (C=O) groups is 1. The van der Waals surface area contributed by atoms with Gasteiger partial charge in [-0.25, -0.2) is 17.9 Å². The van der Waals surface area contributed by atoms with Crippen molar-refractivity contribution in [3.05, 3.63) is 29.2 Å². The van der Waals surface area contributed by atoms with Gasteiger partial charge in [-0.15, -0.1) is 0 Å². The van der Waals surface area contributed by atoms with Crippen molar-refractivity contribution >= 4 is 21.4 Å². The molecule has 1 fully saturated rings. The summed E-state index contributed by atoms with van der Waals surface area (Å²) in [6.07, 6.45) is 3.35. The van der Waals surface area contributed by atoms with Gasteiger partial charge in [0.25, 0.3) is 5.91 Å². The Kier molecular flexibility index (Phi) is 3.43. The van der Waals surface area contributed by atoms with Crippen LogP contribution in [-0.4, -0.2) is 58.4 Å². The van der Waals surface area contributed by atoms with Crippen LogP contribution in [0.5, 0.6) is 0 Å². The maximum Gasteiger partial charge on any atom is 0.257 e. The fourth-order valence-corrected chi connectivity index (χ4v) is 3.95. The molecule has 1 aliphatic rings. The zero-order valence-corrected chi connectivity index (χ0v) is 13.6. The highest BCUT2D eigenvalue weighted by atomic mass is 32.2. The van der Waals surface area contributed by atoms with Crippen LogP contribution < -0.4 is 0 Å². The number of aryl methyl sites for hydroxylation is 2. The van der Waals surface area contributed by atoms with E-state index in [1.807, 2.05) is 6.92 Å². The summed E-state index contributed by atoms with van der Waals surface area (Å²) in [6.45, 7) is 4.31. The molecule has 3 rings (SSSR count). The second-order valence-electron chi connectivity index (χ2n) is 5.75. The summed E-state index contributed by atoms with van der Waals surface area (Å²) in [7, 11) is -3.12. The van der Waals surface area contributed by atoms with E-state index in [0.717, 1.165) is 5.69 Å². The molecule has 0 bridgehead atoms. The number of carbonyl (C=O) groups excluding carboxylic acids is 1. The molecule has 0 radical (unpaired) electrons. The third-order valence-electron chi connectivity index (χ3n) is 4.20. The molecule has 0 unspecified atom stereocenters. The molecular formula is C14H18N4O3S. The molecule has 118 valence electrons. The van der Waals surface area contributed by atoms with E-state index in [9.17, 15) is 13.2 Å². The van der Waals surface area contributed by atoms with Gasteiger partial charge >= 0.3 is 0 Å². The van der Waals surface area contributed by atoms with Crippen molar-refractivity contribution < 1.29 is 13.2 Å². The van der Waals surface area contributed by atoms with Gasteiger partial charge in [0.2, 0.25) is 0 Å². The number of hydrogen-bond acceptors (Lipinski definition) is 5. The number of rotatable bonds is 2. The summed E-state index contributed by atoms with van der Waals surface area (Å²) in [5, 5.41) is 3.70. The zero-order valence-electron chi connectivity index (χ0n) is 12.8. The first-order chi connectivity index (χ1) is 10.3.